The molecule has 0 aliphatic heterocycles. The third-order valence-corrected chi connectivity index (χ3v) is 3.22. The first-order valence-electron chi connectivity index (χ1n) is 5.98. The fourth-order valence-electron chi connectivity index (χ4n) is 1.85. The van der Waals surface area contributed by atoms with E-state index < -0.39 is 0 Å². The molecule has 108 valence electrons. The van der Waals surface area contributed by atoms with Crippen molar-refractivity contribution in [3.63, 3.8) is 0 Å². The van der Waals surface area contributed by atoms with Crippen molar-refractivity contribution in [1.29, 1.82) is 0 Å². The van der Waals surface area contributed by atoms with E-state index in [4.69, 9.17) is 17.3 Å². The van der Waals surface area contributed by atoms with Gasteiger partial charge in [-0.1, -0.05) is 25.4 Å². The zero-order valence-corrected chi connectivity index (χ0v) is 13.4. The summed E-state index contributed by atoms with van der Waals surface area (Å²) in [5.41, 5.74) is 7.19. The number of carbonyl (C=O) groups is 1. The molecule has 0 saturated heterocycles. The van der Waals surface area contributed by atoms with Crippen molar-refractivity contribution in [3.8, 4) is 0 Å². The lowest BCUT2D eigenvalue weighted by atomic mass is 9.93. The number of hydrogen-bond donors (Lipinski definition) is 1. The molecule has 0 atom stereocenters. The van der Waals surface area contributed by atoms with Crippen molar-refractivity contribution in [2.45, 2.75) is 20.8 Å². The van der Waals surface area contributed by atoms with Gasteiger partial charge in [-0.25, -0.2) is 0 Å². The second kappa shape index (κ2) is 7.13. The van der Waals surface area contributed by atoms with Gasteiger partial charge in [0.15, 0.2) is 0 Å². The number of aryl methyl sites for hydroxylation is 1. The van der Waals surface area contributed by atoms with E-state index in [-0.39, 0.29) is 23.7 Å². The summed E-state index contributed by atoms with van der Waals surface area (Å²) in [6.45, 7) is 7.16. The zero-order chi connectivity index (χ0) is 13.9. The topological polar surface area (TPSA) is 46.3 Å². The molecule has 0 spiro atoms. The summed E-state index contributed by atoms with van der Waals surface area (Å²) in [4.78, 5) is 14.0. The molecule has 0 aliphatic carbocycles. The van der Waals surface area contributed by atoms with Crippen molar-refractivity contribution in [2.24, 2.45) is 11.1 Å². The summed E-state index contributed by atoms with van der Waals surface area (Å²) in [5.74, 6) is 0.00527. The van der Waals surface area contributed by atoms with Gasteiger partial charge in [0.2, 0.25) is 0 Å². The van der Waals surface area contributed by atoms with Gasteiger partial charge in [-0.3, -0.25) is 4.79 Å². The Morgan fingerprint density at radius 3 is 2.47 bits per heavy atom. The van der Waals surface area contributed by atoms with E-state index in [0.717, 1.165) is 5.56 Å². The Balaban J connectivity index is 0.00000324. The third kappa shape index (κ3) is 5.01. The molecule has 0 radical (unpaired) electrons. The minimum atomic E-state index is -0.0786. The number of halogens is 2. The maximum absolute atomic E-state index is 12.3. The molecule has 3 nitrogen and oxygen atoms in total. The normalized spacial score (nSPS) is 10.8. The Morgan fingerprint density at radius 2 is 2.00 bits per heavy atom. The summed E-state index contributed by atoms with van der Waals surface area (Å²) < 4.78 is 0. The third-order valence-electron chi connectivity index (χ3n) is 2.98. The zero-order valence-electron chi connectivity index (χ0n) is 11.9. The molecule has 0 heterocycles. The van der Waals surface area contributed by atoms with Crippen LogP contribution >= 0.6 is 24.0 Å². The number of nitrogens with zero attached hydrogens (tertiary/aromatic N) is 1. The lowest BCUT2D eigenvalue weighted by Gasteiger charge is -2.29. The van der Waals surface area contributed by atoms with E-state index in [9.17, 15) is 4.79 Å². The first-order chi connectivity index (χ1) is 8.26. The molecule has 1 amide bonds. The van der Waals surface area contributed by atoms with Crippen LogP contribution in [-0.2, 0) is 0 Å². The lowest BCUT2D eigenvalue weighted by molar-refractivity contribution is 0.0740. The van der Waals surface area contributed by atoms with E-state index in [1.165, 1.54) is 0 Å². The van der Waals surface area contributed by atoms with Gasteiger partial charge in [0.1, 0.15) is 0 Å². The highest BCUT2D eigenvalue weighted by atomic mass is 35.5. The van der Waals surface area contributed by atoms with Crippen molar-refractivity contribution in [3.05, 3.63) is 34.3 Å². The fraction of sp³-hybridized carbons (Fsp3) is 0.500. The van der Waals surface area contributed by atoms with Crippen LogP contribution in [0.4, 0.5) is 0 Å². The summed E-state index contributed by atoms with van der Waals surface area (Å²) in [5, 5.41) is 0.647. The van der Waals surface area contributed by atoms with E-state index >= 15 is 0 Å². The van der Waals surface area contributed by atoms with Crippen LogP contribution in [0, 0.1) is 12.3 Å². The molecule has 0 aliphatic rings. The Labute approximate surface area is 126 Å². The molecule has 0 aromatic heterocycles. The van der Waals surface area contributed by atoms with Crippen LogP contribution in [0.3, 0.4) is 0 Å². The highest BCUT2D eigenvalue weighted by Crippen LogP contribution is 2.19. The highest BCUT2D eigenvalue weighted by molar-refractivity contribution is 6.30. The minimum absolute atomic E-state index is 0. The summed E-state index contributed by atoms with van der Waals surface area (Å²) in [6.07, 6.45) is 0. The fourth-order valence-corrected chi connectivity index (χ4v) is 2.08. The molecule has 1 rings (SSSR count). The van der Waals surface area contributed by atoms with Gasteiger partial charge < -0.3 is 10.6 Å². The first kappa shape index (κ1) is 18.2. The molecule has 0 unspecified atom stereocenters. The molecular formula is C14H22Cl2N2O. The number of benzene rings is 1. The van der Waals surface area contributed by atoms with Crippen molar-refractivity contribution < 1.29 is 4.79 Å². The summed E-state index contributed by atoms with van der Waals surface area (Å²) in [6, 6.07) is 5.31. The van der Waals surface area contributed by atoms with Crippen LogP contribution in [0.2, 0.25) is 5.02 Å². The van der Waals surface area contributed by atoms with Gasteiger partial charge in [0.25, 0.3) is 5.91 Å². The average Bonchev–Trinajstić information content (AvgIpc) is 2.27. The van der Waals surface area contributed by atoms with Gasteiger partial charge in [-0.15, -0.1) is 12.4 Å². The highest BCUT2D eigenvalue weighted by Gasteiger charge is 2.22. The van der Waals surface area contributed by atoms with E-state index in [1.54, 1.807) is 30.1 Å². The van der Waals surface area contributed by atoms with Crippen LogP contribution in [-0.4, -0.2) is 30.9 Å². The quantitative estimate of drug-likeness (QED) is 0.929. The van der Waals surface area contributed by atoms with Gasteiger partial charge >= 0.3 is 0 Å². The Bertz CT molecular complexity index is 447. The van der Waals surface area contributed by atoms with Crippen molar-refractivity contribution in [1.82, 2.24) is 4.90 Å². The molecule has 5 heteroatoms. The van der Waals surface area contributed by atoms with Crippen LogP contribution in [0.15, 0.2) is 18.2 Å². The smallest absolute Gasteiger partial charge is 0.253 e. The monoisotopic (exact) mass is 304 g/mol. The van der Waals surface area contributed by atoms with Gasteiger partial charge in [0, 0.05) is 24.2 Å². The number of rotatable bonds is 4. The summed E-state index contributed by atoms with van der Waals surface area (Å²) >= 11 is 5.89. The standard InChI is InChI=1S/C14H21ClN2O.ClH/c1-10-7-11(15)5-6-12(10)13(18)17(4)9-14(2,3)8-16;/h5-7H,8-9,16H2,1-4H3;1H. The second-order valence-electron chi connectivity index (χ2n) is 5.49. The number of amides is 1. The number of nitrogens with two attached hydrogens (primary N) is 1. The second-order valence-corrected chi connectivity index (χ2v) is 5.93. The summed E-state index contributed by atoms with van der Waals surface area (Å²) in [7, 11) is 1.80. The van der Waals surface area contributed by atoms with Gasteiger partial charge in [-0.2, -0.15) is 0 Å². The van der Waals surface area contributed by atoms with Gasteiger partial charge in [0.05, 0.1) is 0 Å². The van der Waals surface area contributed by atoms with Crippen LogP contribution in [0.1, 0.15) is 29.8 Å². The van der Waals surface area contributed by atoms with Gasteiger partial charge in [-0.05, 0) is 42.6 Å². The minimum Gasteiger partial charge on any atom is -0.341 e. The van der Waals surface area contributed by atoms with E-state index in [0.29, 0.717) is 23.7 Å². The predicted octanol–water partition coefficient (Wildman–Crippen LogP) is 3.13. The van der Waals surface area contributed by atoms with Crippen LogP contribution in [0.5, 0.6) is 0 Å². The molecule has 19 heavy (non-hydrogen) atoms. The average molecular weight is 305 g/mol. The predicted molar refractivity (Wildman–Crippen MR) is 83.2 cm³/mol. The van der Waals surface area contributed by atoms with Crippen molar-refractivity contribution in [2.75, 3.05) is 20.1 Å². The Morgan fingerprint density at radius 1 is 1.42 bits per heavy atom. The first-order valence-corrected chi connectivity index (χ1v) is 6.36. The molecule has 2 N–H and O–H groups in total. The van der Waals surface area contributed by atoms with E-state index in [1.807, 2.05) is 20.8 Å². The molecule has 1 aromatic carbocycles. The molecular weight excluding hydrogens is 283 g/mol. The van der Waals surface area contributed by atoms with E-state index in [2.05, 4.69) is 0 Å². The SMILES string of the molecule is Cc1cc(Cl)ccc1C(=O)N(C)CC(C)(C)CN.Cl. The van der Waals surface area contributed by atoms with Crippen LogP contribution in [0.25, 0.3) is 0 Å². The Hall–Kier alpha value is -0.770. The number of carbonyl (C=O) groups excluding carboxylic acids is 1. The van der Waals surface area contributed by atoms with Crippen LogP contribution < -0.4 is 5.73 Å². The maximum Gasteiger partial charge on any atom is 0.253 e. The molecule has 0 saturated carbocycles. The largest absolute Gasteiger partial charge is 0.341 e. The number of hydrogen-bond acceptors (Lipinski definition) is 2. The molecule has 1 aromatic rings. The maximum atomic E-state index is 12.3. The Kier molecular flexibility index (Phi) is 6.84. The lowest BCUT2D eigenvalue weighted by Crippen LogP contribution is -2.39. The van der Waals surface area contributed by atoms with Crippen molar-refractivity contribution >= 4 is 29.9 Å². The molecule has 0 bridgehead atoms. The molecule has 0 fully saturated rings.